The molecule has 0 amide bonds. The minimum Gasteiger partial charge on any atom is -0.295 e. The largest absolute Gasteiger partial charge is 0.295 e. The molecule has 0 fully saturated rings. The Kier molecular flexibility index (Phi) is 2.65. The number of anilines is 1. The number of hydrogen-bond acceptors (Lipinski definition) is 3. The Balaban J connectivity index is 3.07. The lowest BCUT2D eigenvalue weighted by Gasteiger charge is -2.08. The fourth-order valence-electron chi connectivity index (χ4n) is 0.991. The van der Waals surface area contributed by atoms with Crippen molar-refractivity contribution in [2.75, 3.05) is 11.9 Å². The number of carbonyl (C=O) groups excluding carboxylic acids is 1. The number of nitrogens with zero attached hydrogens (tertiary/aromatic N) is 2. The summed E-state index contributed by atoms with van der Waals surface area (Å²) in [5.74, 6) is 0.00758. The second kappa shape index (κ2) is 3.72. The van der Waals surface area contributed by atoms with E-state index in [4.69, 9.17) is 5.26 Å². The van der Waals surface area contributed by atoms with Crippen molar-refractivity contribution in [2.24, 2.45) is 0 Å². The van der Waals surface area contributed by atoms with Crippen LogP contribution >= 0.6 is 0 Å². The zero-order chi connectivity index (χ0) is 9.84. The molecule has 66 valence electrons. The minimum absolute atomic E-state index is 0.00758. The van der Waals surface area contributed by atoms with Gasteiger partial charge in [0.15, 0.2) is 12.0 Å². The van der Waals surface area contributed by atoms with Gasteiger partial charge in [-0.1, -0.05) is 12.1 Å². The maximum absolute atomic E-state index is 11.0. The molecule has 0 aliphatic heterocycles. The summed E-state index contributed by atoms with van der Waals surface area (Å²) in [6.45, 7) is 1.51. The van der Waals surface area contributed by atoms with Gasteiger partial charge < -0.3 is 0 Å². The van der Waals surface area contributed by atoms with Crippen LogP contribution in [0.1, 0.15) is 17.3 Å². The van der Waals surface area contributed by atoms with Gasteiger partial charge in [0.25, 0.3) is 0 Å². The maximum Gasteiger partial charge on any atom is 0.183 e. The second-order valence-corrected chi connectivity index (χ2v) is 2.77. The highest BCUT2D eigenvalue weighted by Gasteiger charge is 2.02. The number of Topliss-reactive ketones (excluding diaryl/α,β-unsaturated/α-hetero) is 1. The lowest BCUT2D eigenvalue weighted by atomic mass is 10.1. The van der Waals surface area contributed by atoms with Gasteiger partial charge in [0, 0.05) is 12.6 Å². The van der Waals surface area contributed by atoms with E-state index in [1.165, 1.54) is 11.8 Å². The monoisotopic (exact) mass is 174 g/mol. The first kappa shape index (κ1) is 9.27. The normalized spacial score (nSPS) is 9.00. The Labute approximate surface area is 77.2 Å². The van der Waals surface area contributed by atoms with Crippen molar-refractivity contribution in [3.63, 3.8) is 0 Å². The van der Waals surface area contributed by atoms with Crippen LogP contribution in [-0.4, -0.2) is 12.8 Å². The van der Waals surface area contributed by atoms with Gasteiger partial charge in [0.1, 0.15) is 0 Å². The van der Waals surface area contributed by atoms with Crippen molar-refractivity contribution in [1.82, 2.24) is 0 Å². The number of benzene rings is 1. The summed E-state index contributed by atoms with van der Waals surface area (Å²) < 4.78 is 0. The lowest BCUT2D eigenvalue weighted by molar-refractivity contribution is 0.101. The van der Waals surface area contributed by atoms with Crippen LogP contribution in [0, 0.1) is 11.5 Å². The smallest absolute Gasteiger partial charge is 0.183 e. The van der Waals surface area contributed by atoms with E-state index >= 15 is 0 Å². The Morgan fingerprint density at radius 3 is 2.77 bits per heavy atom. The molecule has 3 heteroatoms. The van der Waals surface area contributed by atoms with Gasteiger partial charge in [-0.05, 0) is 19.1 Å². The van der Waals surface area contributed by atoms with E-state index in [2.05, 4.69) is 0 Å². The first-order chi connectivity index (χ1) is 6.15. The van der Waals surface area contributed by atoms with Crippen molar-refractivity contribution in [1.29, 1.82) is 5.26 Å². The standard InChI is InChI=1S/C10H10N2O/c1-8(13)9-4-3-5-10(6-9)12(2)7-11/h3-6H,1-2H3. The highest BCUT2D eigenvalue weighted by molar-refractivity contribution is 5.95. The van der Waals surface area contributed by atoms with Crippen LogP contribution in [0.25, 0.3) is 0 Å². The SMILES string of the molecule is CC(=O)c1cccc(N(C)C#N)c1. The highest BCUT2D eigenvalue weighted by Crippen LogP contribution is 2.14. The molecule has 0 heterocycles. The molecule has 0 saturated carbocycles. The minimum atomic E-state index is 0.00758. The summed E-state index contributed by atoms with van der Waals surface area (Å²) >= 11 is 0. The van der Waals surface area contributed by atoms with E-state index in [1.54, 1.807) is 31.3 Å². The van der Waals surface area contributed by atoms with E-state index in [9.17, 15) is 4.79 Å². The summed E-state index contributed by atoms with van der Waals surface area (Å²) in [6.07, 6.45) is 1.97. The van der Waals surface area contributed by atoms with Gasteiger partial charge in [0.2, 0.25) is 0 Å². The topological polar surface area (TPSA) is 44.1 Å². The summed E-state index contributed by atoms with van der Waals surface area (Å²) in [4.78, 5) is 12.4. The molecule has 13 heavy (non-hydrogen) atoms. The fourth-order valence-corrected chi connectivity index (χ4v) is 0.991. The van der Waals surface area contributed by atoms with Crippen molar-refractivity contribution >= 4 is 11.5 Å². The molecule has 0 N–H and O–H groups in total. The van der Waals surface area contributed by atoms with E-state index in [-0.39, 0.29) is 5.78 Å². The molecule has 0 bridgehead atoms. The van der Waals surface area contributed by atoms with Crippen molar-refractivity contribution in [3.05, 3.63) is 29.8 Å². The van der Waals surface area contributed by atoms with E-state index in [1.807, 2.05) is 6.19 Å². The number of carbonyl (C=O) groups is 1. The molecule has 0 aliphatic carbocycles. The third kappa shape index (κ3) is 2.06. The zero-order valence-corrected chi connectivity index (χ0v) is 7.61. The quantitative estimate of drug-likeness (QED) is 0.390. The molecule has 0 radical (unpaired) electrons. The Hall–Kier alpha value is -1.82. The molecule has 0 spiro atoms. The third-order valence-electron chi connectivity index (χ3n) is 1.79. The van der Waals surface area contributed by atoms with E-state index in [0.717, 1.165) is 5.69 Å². The molecule has 0 atom stereocenters. The average Bonchev–Trinajstić information content (AvgIpc) is 2.17. The summed E-state index contributed by atoms with van der Waals surface area (Å²) in [6, 6.07) is 6.98. The highest BCUT2D eigenvalue weighted by atomic mass is 16.1. The fraction of sp³-hybridized carbons (Fsp3) is 0.200. The predicted molar refractivity (Wildman–Crippen MR) is 50.5 cm³/mol. The molecule has 0 saturated heterocycles. The molecular formula is C10H10N2O. The molecule has 0 unspecified atom stereocenters. The number of ketones is 1. The van der Waals surface area contributed by atoms with Gasteiger partial charge >= 0.3 is 0 Å². The number of nitriles is 1. The van der Waals surface area contributed by atoms with E-state index in [0.29, 0.717) is 5.56 Å². The van der Waals surface area contributed by atoms with Gasteiger partial charge in [0.05, 0.1) is 5.69 Å². The molecule has 0 aliphatic rings. The molecule has 3 nitrogen and oxygen atoms in total. The Morgan fingerprint density at radius 1 is 1.54 bits per heavy atom. The van der Waals surface area contributed by atoms with Crippen LogP contribution in [0.3, 0.4) is 0 Å². The first-order valence-electron chi connectivity index (χ1n) is 3.89. The Bertz CT molecular complexity index is 365. The Morgan fingerprint density at radius 2 is 2.23 bits per heavy atom. The molecule has 1 aromatic rings. The van der Waals surface area contributed by atoms with Crippen LogP contribution in [0.2, 0.25) is 0 Å². The van der Waals surface area contributed by atoms with Crippen molar-refractivity contribution in [3.8, 4) is 6.19 Å². The van der Waals surface area contributed by atoms with Crippen LogP contribution in [0.5, 0.6) is 0 Å². The van der Waals surface area contributed by atoms with Crippen LogP contribution in [0.4, 0.5) is 5.69 Å². The van der Waals surface area contributed by atoms with Gasteiger partial charge in [-0.15, -0.1) is 0 Å². The van der Waals surface area contributed by atoms with E-state index < -0.39 is 0 Å². The number of rotatable bonds is 2. The van der Waals surface area contributed by atoms with Gasteiger partial charge in [-0.3, -0.25) is 9.69 Å². The molecule has 1 aromatic carbocycles. The predicted octanol–water partition coefficient (Wildman–Crippen LogP) is 1.81. The second-order valence-electron chi connectivity index (χ2n) is 2.77. The molecule has 1 rings (SSSR count). The van der Waals surface area contributed by atoms with Crippen molar-refractivity contribution in [2.45, 2.75) is 6.92 Å². The summed E-state index contributed by atoms with van der Waals surface area (Å²) in [7, 11) is 1.65. The molecule has 0 aromatic heterocycles. The average molecular weight is 174 g/mol. The van der Waals surface area contributed by atoms with Crippen LogP contribution in [-0.2, 0) is 0 Å². The summed E-state index contributed by atoms with van der Waals surface area (Å²) in [5.41, 5.74) is 1.36. The number of hydrogen-bond donors (Lipinski definition) is 0. The third-order valence-corrected chi connectivity index (χ3v) is 1.79. The zero-order valence-electron chi connectivity index (χ0n) is 7.61. The first-order valence-corrected chi connectivity index (χ1v) is 3.89. The van der Waals surface area contributed by atoms with Crippen molar-refractivity contribution < 1.29 is 4.79 Å². The molecular weight excluding hydrogens is 164 g/mol. The van der Waals surface area contributed by atoms with Gasteiger partial charge in [-0.2, -0.15) is 5.26 Å². The summed E-state index contributed by atoms with van der Waals surface area (Å²) in [5, 5.41) is 8.61. The van der Waals surface area contributed by atoms with Crippen LogP contribution in [0.15, 0.2) is 24.3 Å². The van der Waals surface area contributed by atoms with Crippen LogP contribution < -0.4 is 4.90 Å². The maximum atomic E-state index is 11.0. The lowest BCUT2D eigenvalue weighted by Crippen LogP contribution is -2.08. The van der Waals surface area contributed by atoms with Gasteiger partial charge in [-0.25, -0.2) is 0 Å².